The highest BCUT2D eigenvalue weighted by molar-refractivity contribution is 5.91. The van der Waals surface area contributed by atoms with Crippen LogP contribution >= 0.6 is 0 Å². The minimum Gasteiger partial charge on any atom is -0.350 e. The van der Waals surface area contributed by atoms with Crippen LogP contribution in [-0.4, -0.2) is 24.0 Å². The Morgan fingerprint density at radius 3 is 2.76 bits per heavy atom. The molecule has 1 heterocycles. The lowest BCUT2D eigenvalue weighted by Crippen LogP contribution is -2.59. The molecule has 4 heteroatoms. The standard InChI is InChI=1S/C17H21FN2O/c18-14-5-2-13(3-6-14)4-7-16(21)20-15-8-11-19-17(12-15)9-1-10-17/h2-7,15,19H,1,8-12H2,(H,20,21)/b7-4+. The molecule has 1 aliphatic carbocycles. The van der Waals surface area contributed by atoms with Gasteiger partial charge in [-0.2, -0.15) is 0 Å². The maximum Gasteiger partial charge on any atom is 0.244 e. The van der Waals surface area contributed by atoms with Crippen molar-refractivity contribution in [3.05, 3.63) is 41.7 Å². The first-order valence-corrected chi connectivity index (χ1v) is 7.64. The molecule has 21 heavy (non-hydrogen) atoms. The van der Waals surface area contributed by atoms with E-state index in [2.05, 4.69) is 10.6 Å². The zero-order valence-corrected chi connectivity index (χ0v) is 12.1. The van der Waals surface area contributed by atoms with Crippen LogP contribution in [0, 0.1) is 5.82 Å². The van der Waals surface area contributed by atoms with Crippen LogP contribution in [0.3, 0.4) is 0 Å². The van der Waals surface area contributed by atoms with Crippen LogP contribution < -0.4 is 10.6 Å². The SMILES string of the molecule is O=C(/C=C/c1ccc(F)cc1)NC1CCNC2(CCC2)C1. The Morgan fingerprint density at radius 1 is 1.33 bits per heavy atom. The smallest absolute Gasteiger partial charge is 0.244 e. The van der Waals surface area contributed by atoms with E-state index in [1.54, 1.807) is 18.2 Å². The molecule has 2 N–H and O–H groups in total. The lowest BCUT2D eigenvalue weighted by Gasteiger charge is -2.48. The van der Waals surface area contributed by atoms with E-state index in [0.717, 1.165) is 24.9 Å². The van der Waals surface area contributed by atoms with Crippen molar-refractivity contribution in [2.45, 2.75) is 43.7 Å². The molecule has 2 aliphatic rings. The Morgan fingerprint density at radius 2 is 2.10 bits per heavy atom. The van der Waals surface area contributed by atoms with Crippen molar-refractivity contribution in [2.75, 3.05) is 6.54 Å². The normalized spacial score (nSPS) is 24.0. The third-order valence-corrected chi connectivity index (χ3v) is 4.58. The van der Waals surface area contributed by atoms with Crippen molar-refractivity contribution in [2.24, 2.45) is 0 Å². The lowest BCUT2D eigenvalue weighted by molar-refractivity contribution is -0.117. The molecule has 2 fully saturated rings. The van der Waals surface area contributed by atoms with E-state index in [1.165, 1.54) is 37.5 Å². The number of halogens is 1. The van der Waals surface area contributed by atoms with Crippen molar-refractivity contribution < 1.29 is 9.18 Å². The third-order valence-electron chi connectivity index (χ3n) is 4.58. The fraction of sp³-hybridized carbons (Fsp3) is 0.471. The zero-order valence-electron chi connectivity index (χ0n) is 12.1. The van der Waals surface area contributed by atoms with Gasteiger partial charge in [-0.3, -0.25) is 4.79 Å². The molecule has 1 aromatic carbocycles. The summed E-state index contributed by atoms with van der Waals surface area (Å²) in [5, 5.41) is 6.68. The summed E-state index contributed by atoms with van der Waals surface area (Å²) in [4.78, 5) is 12.0. The van der Waals surface area contributed by atoms with Gasteiger partial charge in [0, 0.05) is 17.7 Å². The van der Waals surface area contributed by atoms with Crippen LogP contribution in [0.25, 0.3) is 6.08 Å². The summed E-state index contributed by atoms with van der Waals surface area (Å²) < 4.78 is 12.8. The third kappa shape index (κ3) is 3.50. The molecule has 0 aromatic heterocycles. The molecule has 1 amide bonds. The summed E-state index contributed by atoms with van der Waals surface area (Å²) in [7, 11) is 0. The molecule has 3 rings (SSSR count). The number of hydrogen-bond acceptors (Lipinski definition) is 2. The van der Waals surface area contributed by atoms with Crippen LogP contribution in [0.5, 0.6) is 0 Å². The second kappa shape index (κ2) is 5.98. The van der Waals surface area contributed by atoms with Gasteiger partial charge in [0.05, 0.1) is 0 Å². The highest BCUT2D eigenvalue weighted by Gasteiger charge is 2.40. The Balaban J connectivity index is 1.52. The maximum atomic E-state index is 12.8. The number of carbonyl (C=O) groups is 1. The van der Waals surface area contributed by atoms with Crippen LogP contribution in [0.15, 0.2) is 30.3 Å². The number of carbonyl (C=O) groups excluding carboxylic acids is 1. The van der Waals surface area contributed by atoms with Crippen molar-refractivity contribution >= 4 is 12.0 Å². The summed E-state index contributed by atoms with van der Waals surface area (Å²) in [6.07, 6.45) is 9.01. The molecule has 1 unspecified atom stereocenters. The van der Waals surface area contributed by atoms with Crippen LogP contribution in [0.2, 0.25) is 0 Å². The van der Waals surface area contributed by atoms with Crippen molar-refractivity contribution in [3.63, 3.8) is 0 Å². The number of hydrogen-bond donors (Lipinski definition) is 2. The highest BCUT2D eigenvalue weighted by Crippen LogP contribution is 2.38. The number of benzene rings is 1. The molecule has 1 saturated heterocycles. The highest BCUT2D eigenvalue weighted by atomic mass is 19.1. The second-order valence-corrected chi connectivity index (χ2v) is 6.14. The fourth-order valence-corrected chi connectivity index (χ4v) is 3.26. The van der Waals surface area contributed by atoms with Gasteiger partial charge in [0.25, 0.3) is 0 Å². The number of rotatable bonds is 3. The summed E-state index contributed by atoms with van der Waals surface area (Å²) in [5.41, 5.74) is 1.11. The van der Waals surface area contributed by atoms with E-state index >= 15 is 0 Å². The van der Waals surface area contributed by atoms with Crippen molar-refractivity contribution in [1.29, 1.82) is 0 Å². The number of nitrogens with one attached hydrogen (secondary N) is 2. The molecule has 3 nitrogen and oxygen atoms in total. The van der Waals surface area contributed by atoms with Gasteiger partial charge in [-0.05, 0) is 62.4 Å². The van der Waals surface area contributed by atoms with Crippen LogP contribution in [0.4, 0.5) is 4.39 Å². The van der Waals surface area contributed by atoms with E-state index in [1.807, 2.05) is 0 Å². The van der Waals surface area contributed by atoms with E-state index in [9.17, 15) is 9.18 Å². The van der Waals surface area contributed by atoms with Crippen LogP contribution in [-0.2, 0) is 4.79 Å². The van der Waals surface area contributed by atoms with Gasteiger partial charge in [0.15, 0.2) is 0 Å². The van der Waals surface area contributed by atoms with Crippen molar-refractivity contribution in [1.82, 2.24) is 10.6 Å². The minimum absolute atomic E-state index is 0.0688. The molecular formula is C17H21FN2O. The average molecular weight is 288 g/mol. The molecule has 0 radical (unpaired) electrons. The number of piperidine rings is 1. The maximum absolute atomic E-state index is 12.8. The number of amides is 1. The second-order valence-electron chi connectivity index (χ2n) is 6.14. The zero-order chi connectivity index (χ0) is 14.7. The lowest BCUT2D eigenvalue weighted by atomic mass is 9.70. The van der Waals surface area contributed by atoms with Gasteiger partial charge in [-0.15, -0.1) is 0 Å². The summed E-state index contributed by atoms with van der Waals surface area (Å²) in [6.45, 7) is 0.979. The molecule has 1 aromatic rings. The quantitative estimate of drug-likeness (QED) is 0.840. The van der Waals surface area contributed by atoms with Crippen molar-refractivity contribution in [3.8, 4) is 0 Å². The largest absolute Gasteiger partial charge is 0.350 e. The van der Waals surface area contributed by atoms with Gasteiger partial charge in [-0.1, -0.05) is 12.1 Å². The monoisotopic (exact) mass is 288 g/mol. The van der Waals surface area contributed by atoms with E-state index < -0.39 is 0 Å². The van der Waals surface area contributed by atoms with Gasteiger partial charge in [-0.25, -0.2) is 4.39 Å². The molecule has 0 bridgehead atoms. The van der Waals surface area contributed by atoms with Gasteiger partial charge in [0.1, 0.15) is 5.82 Å². The first-order chi connectivity index (χ1) is 10.2. The minimum atomic E-state index is -0.267. The summed E-state index contributed by atoms with van der Waals surface area (Å²) in [6, 6.07) is 6.37. The van der Waals surface area contributed by atoms with Gasteiger partial charge >= 0.3 is 0 Å². The molecule has 1 atom stereocenters. The van der Waals surface area contributed by atoms with Crippen LogP contribution in [0.1, 0.15) is 37.7 Å². The topological polar surface area (TPSA) is 41.1 Å². The fourth-order valence-electron chi connectivity index (χ4n) is 3.26. The molecule has 112 valence electrons. The van der Waals surface area contributed by atoms with Gasteiger partial charge in [0.2, 0.25) is 5.91 Å². The first-order valence-electron chi connectivity index (χ1n) is 7.64. The molecular weight excluding hydrogens is 267 g/mol. The Kier molecular flexibility index (Phi) is 4.06. The molecule has 1 spiro atoms. The summed E-state index contributed by atoms with van der Waals surface area (Å²) >= 11 is 0. The van der Waals surface area contributed by atoms with Gasteiger partial charge < -0.3 is 10.6 Å². The Labute approximate surface area is 124 Å². The van der Waals surface area contributed by atoms with E-state index in [0.29, 0.717) is 0 Å². The Bertz CT molecular complexity index is 534. The molecule has 1 saturated carbocycles. The predicted molar refractivity (Wildman–Crippen MR) is 81.2 cm³/mol. The first kappa shape index (κ1) is 14.3. The van der Waals surface area contributed by atoms with E-state index in [-0.39, 0.29) is 23.3 Å². The molecule has 1 aliphatic heterocycles. The summed E-state index contributed by atoms with van der Waals surface area (Å²) in [5.74, 6) is -0.335. The predicted octanol–water partition coefficient (Wildman–Crippen LogP) is 2.63. The average Bonchev–Trinajstić information content (AvgIpc) is 2.45. The van der Waals surface area contributed by atoms with E-state index in [4.69, 9.17) is 0 Å². The Hall–Kier alpha value is -1.68.